The maximum Gasteiger partial charge on any atom is 0.318 e. The van der Waals surface area contributed by atoms with E-state index in [0.29, 0.717) is 11.9 Å². The van der Waals surface area contributed by atoms with Gasteiger partial charge in [0.15, 0.2) is 0 Å². The highest BCUT2D eigenvalue weighted by atomic mass is 35.5. The molecule has 0 aliphatic carbocycles. The molecule has 1 rings (SSSR count). The third-order valence-electron chi connectivity index (χ3n) is 2.03. The number of hydrogen-bond acceptors (Lipinski definition) is 4. The smallest absolute Gasteiger partial charge is 0.318 e. The predicted molar refractivity (Wildman–Crippen MR) is 61.4 cm³/mol. The third-order valence-corrected chi connectivity index (χ3v) is 2.21. The first-order chi connectivity index (χ1) is 7.19. The highest BCUT2D eigenvalue weighted by Crippen LogP contribution is 2.21. The average molecular weight is 232 g/mol. The van der Waals surface area contributed by atoms with Gasteiger partial charge in [0, 0.05) is 13.1 Å². The molecule has 1 unspecified atom stereocenters. The third kappa shape index (κ3) is 3.38. The molecule has 1 atom stereocenters. The first-order valence-electron chi connectivity index (χ1n) is 5.41. The van der Waals surface area contributed by atoms with Crippen LogP contribution in [0.25, 0.3) is 0 Å². The van der Waals surface area contributed by atoms with Crippen LogP contribution in [-0.2, 0) is 0 Å². The number of hydrogen-bond donors (Lipinski definition) is 0. The SMILES string of the molecule is CCCN(CCC)c1nnc(C(C)Cl)o1. The van der Waals surface area contributed by atoms with Crippen LogP contribution in [0.2, 0.25) is 0 Å². The Hall–Kier alpha value is -0.770. The second-order valence-corrected chi connectivity index (χ2v) is 4.18. The molecule has 5 heteroatoms. The number of alkyl halides is 1. The standard InChI is InChI=1S/C10H18ClN3O/c1-4-6-14(7-5-2)10-13-12-9(15-10)8(3)11/h8H,4-7H2,1-3H3. The van der Waals surface area contributed by atoms with Crippen molar-refractivity contribution in [2.75, 3.05) is 18.0 Å². The molecule has 0 aliphatic heterocycles. The second kappa shape index (κ2) is 5.95. The molecule has 1 aromatic heterocycles. The summed E-state index contributed by atoms with van der Waals surface area (Å²) in [4.78, 5) is 2.09. The van der Waals surface area contributed by atoms with Gasteiger partial charge in [-0.3, -0.25) is 0 Å². The fourth-order valence-corrected chi connectivity index (χ4v) is 1.45. The highest BCUT2D eigenvalue weighted by molar-refractivity contribution is 6.20. The Balaban J connectivity index is 2.72. The minimum Gasteiger partial charge on any atom is -0.406 e. The summed E-state index contributed by atoms with van der Waals surface area (Å²) in [5.74, 6) is 0.490. The molecule has 0 spiro atoms. The van der Waals surface area contributed by atoms with Crippen LogP contribution in [0.4, 0.5) is 6.01 Å². The minimum atomic E-state index is -0.226. The molecule has 4 nitrogen and oxygen atoms in total. The van der Waals surface area contributed by atoms with Crippen molar-refractivity contribution in [2.45, 2.75) is 39.0 Å². The zero-order chi connectivity index (χ0) is 11.3. The van der Waals surface area contributed by atoms with E-state index < -0.39 is 0 Å². The summed E-state index contributed by atoms with van der Waals surface area (Å²) in [5, 5.41) is 7.69. The molecule has 1 heterocycles. The van der Waals surface area contributed by atoms with Crippen molar-refractivity contribution < 1.29 is 4.42 Å². The monoisotopic (exact) mass is 231 g/mol. The van der Waals surface area contributed by atoms with E-state index >= 15 is 0 Å². The van der Waals surface area contributed by atoms with Crippen LogP contribution >= 0.6 is 11.6 Å². The number of aromatic nitrogens is 2. The van der Waals surface area contributed by atoms with Gasteiger partial charge in [-0.2, -0.15) is 0 Å². The van der Waals surface area contributed by atoms with Gasteiger partial charge in [0.25, 0.3) is 0 Å². The van der Waals surface area contributed by atoms with Gasteiger partial charge < -0.3 is 9.32 Å². The van der Waals surface area contributed by atoms with Crippen LogP contribution in [-0.4, -0.2) is 23.3 Å². The predicted octanol–water partition coefficient (Wildman–Crippen LogP) is 3.00. The maximum atomic E-state index is 5.86. The maximum absolute atomic E-state index is 5.86. The normalized spacial score (nSPS) is 12.8. The largest absolute Gasteiger partial charge is 0.406 e. The molecule has 0 aliphatic rings. The highest BCUT2D eigenvalue weighted by Gasteiger charge is 2.15. The first kappa shape index (κ1) is 12.3. The van der Waals surface area contributed by atoms with Gasteiger partial charge in [0.1, 0.15) is 5.38 Å². The van der Waals surface area contributed by atoms with Crippen LogP contribution < -0.4 is 4.90 Å². The lowest BCUT2D eigenvalue weighted by atomic mass is 10.4. The Bertz CT molecular complexity index is 282. The molecule has 0 saturated heterocycles. The Kier molecular flexibility index (Phi) is 4.88. The molecular formula is C10H18ClN3O. The summed E-state index contributed by atoms with van der Waals surface area (Å²) < 4.78 is 5.48. The molecular weight excluding hydrogens is 214 g/mol. The quantitative estimate of drug-likeness (QED) is 0.706. The summed E-state index contributed by atoms with van der Waals surface area (Å²) in [6.07, 6.45) is 2.13. The lowest BCUT2D eigenvalue weighted by molar-refractivity contribution is 0.481. The summed E-state index contributed by atoms with van der Waals surface area (Å²) in [6, 6.07) is 0.584. The molecule has 86 valence electrons. The number of rotatable bonds is 6. The molecule has 0 radical (unpaired) electrons. The van der Waals surface area contributed by atoms with Crippen LogP contribution in [0.15, 0.2) is 4.42 Å². The average Bonchev–Trinajstić information content (AvgIpc) is 2.66. The fourth-order valence-electron chi connectivity index (χ4n) is 1.36. The van der Waals surface area contributed by atoms with Crippen LogP contribution in [0.5, 0.6) is 0 Å². The molecule has 0 N–H and O–H groups in total. The molecule has 0 saturated carbocycles. The van der Waals surface area contributed by atoms with Gasteiger partial charge in [-0.15, -0.1) is 16.7 Å². The van der Waals surface area contributed by atoms with Crippen molar-refractivity contribution in [1.29, 1.82) is 0 Å². The van der Waals surface area contributed by atoms with E-state index in [0.717, 1.165) is 25.9 Å². The van der Waals surface area contributed by atoms with Crippen LogP contribution in [0, 0.1) is 0 Å². The number of halogens is 1. The van der Waals surface area contributed by atoms with Gasteiger partial charge in [-0.1, -0.05) is 18.9 Å². The Morgan fingerprint density at radius 3 is 2.27 bits per heavy atom. The van der Waals surface area contributed by atoms with Crippen molar-refractivity contribution >= 4 is 17.6 Å². The molecule has 0 fully saturated rings. The van der Waals surface area contributed by atoms with E-state index in [1.807, 2.05) is 6.92 Å². The van der Waals surface area contributed by atoms with Crippen molar-refractivity contribution in [1.82, 2.24) is 10.2 Å². The summed E-state index contributed by atoms with van der Waals surface area (Å²) >= 11 is 5.86. The second-order valence-electron chi connectivity index (χ2n) is 3.53. The zero-order valence-electron chi connectivity index (χ0n) is 9.53. The zero-order valence-corrected chi connectivity index (χ0v) is 10.3. The summed E-state index contributed by atoms with van der Waals surface area (Å²) in [7, 11) is 0. The van der Waals surface area contributed by atoms with Crippen molar-refractivity contribution in [3.63, 3.8) is 0 Å². The topological polar surface area (TPSA) is 42.2 Å². The molecule has 15 heavy (non-hydrogen) atoms. The van der Waals surface area contributed by atoms with Crippen molar-refractivity contribution in [2.24, 2.45) is 0 Å². The van der Waals surface area contributed by atoms with E-state index in [1.54, 1.807) is 0 Å². The van der Waals surface area contributed by atoms with E-state index in [2.05, 4.69) is 28.9 Å². The minimum absolute atomic E-state index is 0.226. The molecule has 0 bridgehead atoms. The van der Waals surface area contributed by atoms with Gasteiger partial charge in [-0.25, -0.2) is 0 Å². The lowest BCUT2D eigenvalue weighted by Gasteiger charge is -2.17. The van der Waals surface area contributed by atoms with Gasteiger partial charge in [0.2, 0.25) is 5.89 Å². The van der Waals surface area contributed by atoms with E-state index in [1.165, 1.54) is 0 Å². The Labute approximate surface area is 95.6 Å². The van der Waals surface area contributed by atoms with E-state index in [9.17, 15) is 0 Å². The fraction of sp³-hybridized carbons (Fsp3) is 0.800. The van der Waals surface area contributed by atoms with Gasteiger partial charge in [0.05, 0.1) is 0 Å². The lowest BCUT2D eigenvalue weighted by Crippen LogP contribution is -2.25. The van der Waals surface area contributed by atoms with E-state index in [4.69, 9.17) is 16.0 Å². The molecule has 0 amide bonds. The summed E-state index contributed by atoms with van der Waals surface area (Å²) in [5.41, 5.74) is 0. The Morgan fingerprint density at radius 2 is 1.87 bits per heavy atom. The van der Waals surface area contributed by atoms with E-state index in [-0.39, 0.29) is 5.38 Å². The van der Waals surface area contributed by atoms with Crippen LogP contribution in [0.1, 0.15) is 44.9 Å². The Morgan fingerprint density at radius 1 is 1.27 bits per heavy atom. The van der Waals surface area contributed by atoms with Crippen LogP contribution in [0.3, 0.4) is 0 Å². The van der Waals surface area contributed by atoms with Crippen molar-refractivity contribution in [3.05, 3.63) is 5.89 Å². The molecule has 1 aromatic rings. The van der Waals surface area contributed by atoms with Crippen molar-refractivity contribution in [3.8, 4) is 0 Å². The first-order valence-corrected chi connectivity index (χ1v) is 5.85. The number of anilines is 1. The van der Waals surface area contributed by atoms with Gasteiger partial charge >= 0.3 is 6.01 Å². The molecule has 0 aromatic carbocycles. The van der Waals surface area contributed by atoms with Gasteiger partial charge in [-0.05, 0) is 19.8 Å². The summed E-state index contributed by atoms with van der Waals surface area (Å²) in [6.45, 7) is 7.95. The number of nitrogens with zero attached hydrogens (tertiary/aromatic N) is 3.